The van der Waals surface area contributed by atoms with Gasteiger partial charge in [-0.25, -0.2) is 9.18 Å². The first-order chi connectivity index (χ1) is 8.97. The van der Waals surface area contributed by atoms with Gasteiger partial charge in [-0.2, -0.15) is 0 Å². The monoisotopic (exact) mass is 269 g/mol. The number of carbonyl (C=O) groups excluding carboxylic acids is 1. The predicted octanol–water partition coefficient (Wildman–Crippen LogP) is 1.36. The van der Waals surface area contributed by atoms with Crippen molar-refractivity contribution in [2.45, 2.75) is 25.8 Å². The normalized spacial score (nSPS) is 11.7. The number of carboxylic acid groups (broad SMARTS) is 1. The van der Waals surface area contributed by atoms with Gasteiger partial charge in [-0.05, 0) is 24.6 Å². The molecule has 6 heteroatoms. The third kappa shape index (κ3) is 4.24. The Balaban J connectivity index is 2.76. The molecule has 1 atom stereocenters. The molecule has 0 aromatic heterocycles. The molecule has 0 heterocycles. The van der Waals surface area contributed by atoms with Crippen molar-refractivity contribution in [2.75, 3.05) is 7.11 Å². The zero-order valence-electron chi connectivity index (χ0n) is 10.8. The van der Waals surface area contributed by atoms with E-state index in [0.29, 0.717) is 11.3 Å². The Morgan fingerprint density at radius 3 is 2.68 bits per heavy atom. The van der Waals surface area contributed by atoms with Gasteiger partial charge in [0.05, 0.1) is 13.5 Å². The number of carboxylic acids is 1. The van der Waals surface area contributed by atoms with E-state index in [2.05, 4.69) is 5.32 Å². The standard InChI is InChI=1S/C13H16FNO4/c1-3-10(13(17)18)15-12(16)7-8-6-9(14)4-5-11(8)19-2/h4-6,10H,3,7H2,1-2H3,(H,15,16)(H,17,18). The summed E-state index contributed by atoms with van der Waals surface area (Å²) in [6.07, 6.45) is 0.145. The highest BCUT2D eigenvalue weighted by Gasteiger charge is 2.18. The fraction of sp³-hybridized carbons (Fsp3) is 0.385. The molecule has 0 spiro atoms. The molecular formula is C13H16FNO4. The van der Waals surface area contributed by atoms with Crippen molar-refractivity contribution in [3.63, 3.8) is 0 Å². The van der Waals surface area contributed by atoms with E-state index in [1.54, 1.807) is 6.92 Å². The Labute approximate surface area is 110 Å². The SMILES string of the molecule is CCC(NC(=O)Cc1cc(F)ccc1OC)C(=O)O. The molecule has 0 radical (unpaired) electrons. The van der Waals surface area contributed by atoms with Crippen LogP contribution in [0.2, 0.25) is 0 Å². The van der Waals surface area contributed by atoms with E-state index in [1.807, 2.05) is 0 Å². The largest absolute Gasteiger partial charge is 0.496 e. The number of aliphatic carboxylic acids is 1. The van der Waals surface area contributed by atoms with Crippen molar-refractivity contribution in [3.8, 4) is 5.75 Å². The van der Waals surface area contributed by atoms with Gasteiger partial charge in [-0.1, -0.05) is 6.92 Å². The summed E-state index contributed by atoms with van der Waals surface area (Å²) in [7, 11) is 1.42. The van der Waals surface area contributed by atoms with Crippen LogP contribution in [0.3, 0.4) is 0 Å². The van der Waals surface area contributed by atoms with E-state index in [1.165, 1.54) is 25.3 Å². The Hall–Kier alpha value is -2.11. The number of methoxy groups -OCH3 is 1. The number of carbonyl (C=O) groups is 2. The van der Waals surface area contributed by atoms with E-state index in [-0.39, 0.29) is 12.8 Å². The lowest BCUT2D eigenvalue weighted by Gasteiger charge is -2.13. The highest BCUT2D eigenvalue weighted by Crippen LogP contribution is 2.19. The second-order valence-corrected chi connectivity index (χ2v) is 4.00. The van der Waals surface area contributed by atoms with Crippen molar-refractivity contribution in [3.05, 3.63) is 29.6 Å². The lowest BCUT2D eigenvalue weighted by atomic mass is 10.1. The van der Waals surface area contributed by atoms with Gasteiger partial charge in [0.25, 0.3) is 0 Å². The fourth-order valence-corrected chi connectivity index (χ4v) is 1.64. The maximum atomic E-state index is 13.1. The van der Waals surface area contributed by atoms with E-state index in [0.717, 1.165) is 0 Å². The maximum Gasteiger partial charge on any atom is 0.326 e. The minimum absolute atomic E-state index is 0.134. The molecule has 0 fully saturated rings. The molecule has 1 aromatic carbocycles. The van der Waals surface area contributed by atoms with Crippen LogP contribution in [0.4, 0.5) is 4.39 Å². The van der Waals surface area contributed by atoms with E-state index in [9.17, 15) is 14.0 Å². The van der Waals surface area contributed by atoms with Gasteiger partial charge >= 0.3 is 5.97 Å². The van der Waals surface area contributed by atoms with Gasteiger partial charge < -0.3 is 15.2 Å². The quantitative estimate of drug-likeness (QED) is 0.817. The minimum Gasteiger partial charge on any atom is -0.496 e. The number of halogens is 1. The van der Waals surface area contributed by atoms with Gasteiger partial charge in [0, 0.05) is 5.56 Å². The summed E-state index contributed by atoms with van der Waals surface area (Å²) < 4.78 is 18.1. The van der Waals surface area contributed by atoms with Crippen LogP contribution in [0.25, 0.3) is 0 Å². The van der Waals surface area contributed by atoms with Gasteiger partial charge in [-0.3, -0.25) is 4.79 Å². The highest BCUT2D eigenvalue weighted by atomic mass is 19.1. The lowest BCUT2D eigenvalue weighted by Crippen LogP contribution is -2.41. The number of ether oxygens (including phenoxy) is 1. The molecule has 0 saturated carbocycles. The second kappa shape index (κ2) is 6.72. The molecule has 1 aromatic rings. The van der Waals surface area contributed by atoms with Crippen molar-refractivity contribution in [1.82, 2.24) is 5.32 Å². The molecule has 1 rings (SSSR count). The Morgan fingerprint density at radius 1 is 1.47 bits per heavy atom. The smallest absolute Gasteiger partial charge is 0.326 e. The molecule has 0 saturated heterocycles. The molecule has 0 aliphatic carbocycles. The molecule has 0 bridgehead atoms. The van der Waals surface area contributed by atoms with Crippen LogP contribution in [-0.4, -0.2) is 30.1 Å². The van der Waals surface area contributed by atoms with Gasteiger partial charge in [0.1, 0.15) is 17.6 Å². The molecule has 2 N–H and O–H groups in total. The van der Waals surface area contributed by atoms with Crippen molar-refractivity contribution in [1.29, 1.82) is 0 Å². The number of amides is 1. The average Bonchev–Trinajstić information content (AvgIpc) is 2.35. The van der Waals surface area contributed by atoms with Crippen molar-refractivity contribution in [2.24, 2.45) is 0 Å². The minimum atomic E-state index is -1.10. The summed E-state index contributed by atoms with van der Waals surface area (Å²) >= 11 is 0. The summed E-state index contributed by atoms with van der Waals surface area (Å²) in [5.74, 6) is -1.67. The van der Waals surface area contributed by atoms with Crippen LogP contribution in [0, 0.1) is 5.82 Å². The van der Waals surface area contributed by atoms with Crippen LogP contribution >= 0.6 is 0 Å². The van der Waals surface area contributed by atoms with E-state index < -0.39 is 23.7 Å². The third-order valence-electron chi connectivity index (χ3n) is 2.64. The van der Waals surface area contributed by atoms with Gasteiger partial charge in [0.15, 0.2) is 0 Å². The third-order valence-corrected chi connectivity index (χ3v) is 2.64. The van der Waals surface area contributed by atoms with Crippen LogP contribution in [0.1, 0.15) is 18.9 Å². The zero-order chi connectivity index (χ0) is 14.4. The number of hydrogen-bond donors (Lipinski definition) is 2. The maximum absolute atomic E-state index is 13.1. The van der Waals surface area contributed by atoms with E-state index >= 15 is 0 Å². The summed E-state index contributed by atoms with van der Waals surface area (Å²) in [6.45, 7) is 1.65. The van der Waals surface area contributed by atoms with Crippen molar-refractivity contribution >= 4 is 11.9 Å². The number of rotatable bonds is 6. The zero-order valence-corrected chi connectivity index (χ0v) is 10.8. The molecule has 104 valence electrons. The number of benzene rings is 1. The first-order valence-corrected chi connectivity index (χ1v) is 5.82. The molecule has 1 amide bonds. The molecule has 5 nitrogen and oxygen atoms in total. The Kier molecular flexibility index (Phi) is 5.29. The average molecular weight is 269 g/mol. The molecule has 0 aliphatic heterocycles. The second-order valence-electron chi connectivity index (χ2n) is 4.00. The molecule has 0 aliphatic rings. The summed E-state index contributed by atoms with van der Waals surface area (Å²) in [6, 6.07) is 2.91. The number of hydrogen-bond acceptors (Lipinski definition) is 3. The first kappa shape index (κ1) is 14.9. The molecule has 19 heavy (non-hydrogen) atoms. The summed E-state index contributed by atoms with van der Waals surface area (Å²) in [5.41, 5.74) is 0.375. The van der Waals surface area contributed by atoms with Crippen LogP contribution in [-0.2, 0) is 16.0 Å². The molecular weight excluding hydrogens is 253 g/mol. The Morgan fingerprint density at radius 2 is 2.16 bits per heavy atom. The molecule has 1 unspecified atom stereocenters. The van der Waals surface area contributed by atoms with Crippen molar-refractivity contribution < 1.29 is 23.8 Å². The van der Waals surface area contributed by atoms with Crippen LogP contribution < -0.4 is 10.1 Å². The topological polar surface area (TPSA) is 75.6 Å². The lowest BCUT2D eigenvalue weighted by molar-refractivity contribution is -0.141. The Bertz CT molecular complexity index is 476. The predicted molar refractivity (Wildman–Crippen MR) is 66.5 cm³/mol. The fourth-order valence-electron chi connectivity index (χ4n) is 1.64. The van der Waals surface area contributed by atoms with E-state index in [4.69, 9.17) is 9.84 Å². The van der Waals surface area contributed by atoms with Gasteiger partial charge in [0.2, 0.25) is 5.91 Å². The van der Waals surface area contributed by atoms with Crippen LogP contribution in [0.15, 0.2) is 18.2 Å². The van der Waals surface area contributed by atoms with Gasteiger partial charge in [-0.15, -0.1) is 0 Å². The summed E-state index contributed by atoms with van der Waals surface area (Å²) in [5, 5.41) is 11.2. The number of nitrogens with one attached hydrogen (secondary N) is 1. The van der Waals surface area contributed by atoms with Crippen LogP contribution in [0.5, 0.6) is 5.75 Å². The first-order valence-electron chi connectivity index (χ1n) is 5.82. The summed E-state index contributed by atoms with van der Waals surface area (Å²) in [4.78, 5) is 22.5. The highest BCUT2D eigenvalue weighted by molar-refractivity contribution is 5.85.